The van der Waals surface area contributed by atoms with Crippen molar-refractivity contribution in [3.05, 3.63) is 51.9 Å². The maximum absolute atomic E-state index is 12.0. The van der Waals surface area contributed by atoms with Crippen LogP contribution in [0.15, 0.2) is 45.2 Å². The first-order valence-electron chi connectivity index (χ1n) is 7.04. The zero-order valence-corrected chi connectivity index (χ0v) is 14.2. The van der Waals surface area contributed by atoms with E-state index in [9.17, 15) is 4.79 Å². The molecule has 2 aromatic rings. The van der Waals surface area contributed by atoms with Gasteiger partial charge in [-0.15, -0.1) is 11.8 Å². The van der Waals surface area contributed by atoms with E-state index in [1.165, 1.54) is 4.90 Å². The molecule has 1 aromatic carbocycles. The molecule has 2 rings (SSSR count). The first-order chi connectivity index (χ1) is 10.1. The summed E-state index contributed by atoms with van der Waals surface area (Å²) in [5.74, 6) is 0.716. The minimum atomic E-state index is -0.0283. The van der Waals surface area contributed by atoms with E-state index in [4.69, 9.17) is 0 Å². The number of aromatic amines is 1. The number of rotatable bonds is 6. The van der Waals surface area contributed by atoms with Crippen molar-refractivity contribution < 1.29 is 0 Å². The predicted molar refractivity (Wildman–Crippen MR) is 91.2 cm³/mol. The molecule has 0 saturated heterocycles. The maximum atomic E-state index is 12.0. The van der Waals surface area contributed by atoms with Gasteiger partial charge in [-0.1, -0.05) is 43.8 Å². The van der Waals surface area contributed by atoms with E-state index in [-0.39, 0.29) is 5.56 Å². The average Bonchev–Trinajstić information content (AvgIpc) is 2.50. The van der Waals surface area contributed by atoms with Crippen molar-refractivity contribution in [1.82, 2.24) is 9.97 Å². The van der Waals surface area contributed by atoms with E-state index in [1.54, 1.807) is 23.5 Å². The molecule has 5 heteroatoms. The third-order valence-electron chi connectivity index (χ3n) is 3.24. The second-order valence-electron chi connectivity index (χ2n) is 4.88. The van der Waals surface area contributed by atoms with E-state index in [1.807, 2.05) is 25.1 Å². The van der Waals surface area contributed by atoms with Crippen LogP contribution in [0.25, 0.3) is 0 Å². The molecule has 0 fully saturated rings. The van der Waals surface area contributed by atoms with Crippen molar-refractivity contribution in [2.45, 2.75) is 48.2 Å². The monoisotopic (exact) mass is 320 g/mol. The van der Waals surface area contributed by atoms with Crippen LogP contribution in [0.5, 0.6) is 0 Å². The third-order valence-corrected chi connectivity index (χ3v) is 5.41. The lowest BCUT2D eigenvalue weighted by atomic mass is 10.3. The van der Waals surface area contributed by atoms with Crippen LogP contribution >= 0.6 is 23.5 Å². The summed E-state index contributed by atoms with van der Waals surface area (Å²) in [5, 5.41) is 1.18. The van der Waals surface area contributed by atoms with E-state index in [0.717, 1.165) is 17.3 Å². The lowest BCUT2D eigenvalue weighted by Crippen LogP contribution is -2.16. The van der Waals surface area contributed by atoms with Crippen molar-refractivity contribution in [2.75, 3.05) is 0 Å². The lowest BCUT2D eigenvalue weighted by molar-refractivity contribution is 0.852. The van der Waals surface area contributed by atoms with Crippen LogP contribution in [0.4, 0.5) is 0 Å². The van der Waals surface area contributed by atoms with Crippen LogP contribution in [0.1, 0.15) is 31.5 Å². The molecule has 112 valence electrons. The molecular formula is C16H20N2OS2. The van der Waals surface area contributed by atoms with Crippen molar-refractivity contribution in [3.63, 3.8) is 0 Å². The minimum absolute atomic E-state index is 0.0283. The van der Waals surface area contributed by atoms with Gasteiger partial charge in [0, 0.05) is 21.5 Å². The predicted octanol–water partition coefficient (Wildman–Crippen LogP) is 4.26. The third kappa shape index (κ3) is 4.64. The van der Waals surface area contributed by atoms with Crippen LogP contribution in [0.2, 0.25) is 0 Å². The summed E-state index contributed by atoms with van der Waals surface area (Å²) >= 11 is 3.33. The summed E-state index contributed by atoms with van der Waals surface area (Å²) in [6, 6.07) is 10.2. The maximum Gasteiger partial charge on any atom is 0.254 e. The van der Waals surface area contributed by atoms with Crippen LogP contribution in [-0.2, 0) is 5.75 Å². The Morgan fingerprint density at radius 3 is 2.67 bits per heavy atom. The number of benzene rings is 1. The fraction of sp³-hybridized carbons (Fsp3) is 0.375. The number of nitrogens with zero attached hydrogens (tertiary/aromatic N) is 1. The summed E-state index contributed by atoms with van der Waals surface area (Å²) in [7, 11) is 0. The van der Waals surface area contributed by atoms with Gasteiger partial charge >= 0.3 is 0 Å². The lowest BCUT2D eigenvalue weighted by Gasteiger charge is -2.10. The highest BCUT2D eigenvalue weighted by molar-refractivity contribution is 7.99. The molecular weight excluding hydrogens is 300 g/mol. The molecule has 0 amide bonds. The molecule has 0 saturated carbocycles. The Hall–Kier alpha value is -1.20. The molecule has 0 aliphatic rings. The summed E-state index contributed by atoms with van der Waals surface area (Å²) in [4.78, 5) is 20.7. The second-order valence-corrected chi connectivity index (χ2v) is 7.36. The van der Waals surface area contributed by atoms with E-state index in [0.29, 0.717) is 16.6 Å². The van der Waals surface area contributed by atoms with Crippen LogP contribution < -0.4 is 5.56 Å². The normalized spacial score (nSPS) is 12.3. The van der Waals surface area contributed by atoms with Crippen molar-refractivity contribution in [1.29, 1.82) is 0 Å². The van der Waals surface area contributed by atoms with Gasteiger partial charge in [0.05, 0.1) is 5.69 Å². The van der Waals surface area contributed by atoms with Gasteiger partial charge in [0.15, 0.2) is 5.16 Å². The Balaban J connectivity index is 2.16. The molecule has 1 aromatic heterocycles. The Morgan fingerprint density at radius 1 is 1.29 bits per heavy atom. The van der Waals surface area contributed by atoms with Crippen molar-refractivity contribution >= 4 is 23.5 Å². The van der Waals surface area contributed by atoms with Gasteiger partial charge in [-0.25, -0.2) is 4.98 Å². The number of nitrogens with one attached hydrogen (secondary N) is 1. The van der Waals surface area contributed by atoms with Crippen LogP contribution in [0, 0.1) is 6.92 Å². The number of H-pyrrole nitrogens is 1. The highest BCUT2D eigenvalue weighted by Gasteiger charge is 2.10. The first kappa shape index (κ1) is 16.2. The Bertz CT molecular complexity index is 640. The fourth-order valence-electron chi connectivity index (χ4n) is 1.69. The number of thioether (sulfide) groups is 2. The zero-order chi connectivity index (χ0) is 15.2. The first-order valence-corrected chi connectivity index (χ1v) is 8.91. The van der Waals surface area contributed by atoms with Gasteiger partial charge < -0.3 is 4.98 Å². The van der Waals surface area contributed by atoms with Gasteiger partial charge in [0.25, 0.3) is 5.56 Å². The smallest absolute Gasteiger partial charge is 0.254 e. The standard InChI is InChI=1S/C16H20N2OS2/c1-4-11(2)21-16-17-14(12(3)15(19)18-16)10-20-13-8-6-5-7-9-13/h5-9,11H,4,10H2,1-3H3,(H,17,18,19). The van der Waals surface area contributed by atoms with Crippen LogP contribution in [0.3, 0.4) is 0 Å². The Kier molecular flexibility index (Phi) is 5.94. The van der Waals surface area contributed by atoms with E-state index < -0.39 is 0 Å². The van der Waals surface area contributed by atoms with Crippen molar-refractivity contribution in [2.24, 2.45) is 0 Å². The molecule has 21 heavy (non-hydrogen) atoms. The fourth-order valence-corrected chi connectivity index (χ4v) is 3.49. The second kappa shape index (κ2) is 7.71. The van der Waals surface area contributed by atoms with Crippen LogP contribution in [-0.4, -0.2) is 15.2 Å². The van der Waals surface area contributed by atoms with Gasteiger partial charge in [0.1, 0.15) is 0 Å². The molecule has 0 spiro atoms. The Morgan fingerprint density at radius 2 is 2.00 bits per heavy atom. The molecule has 1 N–H and O–H groups in total. The minimum Gasteiger partial charge on any atom is -0.301 e. The summed E-state index contributed by atoms with van der Waals surface area (Å²) in [6.45, 7) is 6.11. The molecule has 1 heterocycles. The molecule has 0 radical (unpaired) electrons. The molecule has 1 atom stereocenters. The van der Waals surface area contributed by atoms with Gasteiger partial charge in [-0.2, -0.15) is 0 Å². The average molecular weight is 320 g/mol. The highest BCUT2D eigenvalue weighted by atomic mass is 32.2. The summed E-state index contributed by atoms with van der Waals surface area (Å²) < 4.78 is 0. The number of hydrogen-bond donors (Lipinski definition) is 1. The number of aromatic nitrogens is 2. The molecule has 0 aliphatic heterocycles. The Labute approximate surface area is 134 Å². The van der Waals surface area contributed by atoms with E-state index >= 15 is 0 Å². The largest absolute Gasteiger partial charge is 0.301 e. The topological polar surface area (TPSA) is 45.8 Å². The zero-order valence-electron chi connectivity index (χ0n) is 12.6. The van der Waals surface area contributed by atoms with Gasteiger partial charge in [0.2, 0.25) is 0 Å². The molecule has 3 nitrogen and oxygen atoms in total. The van der Waals surface area contributed by atoms with Crippen molar-refractivity contribution in [3.8, 4) is 0 Å². The summed E-state index contributed by atoms with van der Waals surface area (Å²) in [5.41, 5.74) is 1.56. The quantitative estimate of drug-likeness (QED) is 0.638. The van der Waals surface area contributed by atoms with Gasteiger partial charge in [-0.3, -0.25) is 4.79 Å². The SMILES string of the molecule is CCC(C)Sc1nc(CSc2ccccc2)c(C)c(=O)[nH]1. The molecule has 0 aliphatic carbocycles. The van der Waals surface area contributed by atoms with Gasteiger partial charge in [-0.05, 0) is 25.5 Å². The molecule has 1 unspecified atom stereocenters. The molecule has 0 bridgehead atoms. The number of hydrogen-bond acceptors (Lipinski definition) is 4. The van der Waals surface area contributed by atoms with E-state index in [2.05, 4.69) is 35.9 Å². The summed E-state index contributed by atoms with van der Waals surface area (Å²) in [6.07, 6.45) is 1.05. The highest BCUT2D eigenvalue weighted by Crippen LogP contribution is 2.25.